The van der Waals surface area contributed by atoms with Crippen LogP contribution in [0.4, 0.5) is 4.39 Å². The summed E-state index contributed by atoms with van der Waals surface area (Å²) < 4.78 is 15.8. The normalized spacial score (nSPS) is 33.0. The highest BCUT2D eigenvalue weighted by Gasteiger charge is 2.66. The number of halogens is 3. The highest BCUT2D eigenvalue weighted by molar-refractivity contribution is 8.14. The molecule has 1 aliphatic carbocycles. The van der Waals surface area contributed by atoms with Crippen LogP contribution in [0.3, 0.4) is 0 Å². The molecule has 4 nitrogen and oxygen atoms in total. The van der Waals surface area contributed by atoms with E-state index in [0.29, 0.717) is 24.3 Å². The molecule has 37 heavy (non-hydrogen) atoms. The van der Waals surface area contributed by atoms with Gasteiger partial charge >= 0.3 is 0 Å². The van der Waals surface area contributed by atoms with Crippen LogP contribution in [0.1, 0.15) is 70.4 Å². The number of nitrogens with one attached hydrogen (secondary N) is 1. The molecule has 5 rings (SSSR count). The fourth-order valence-corrected chi connectivity index (χ4v) is 8.50. The van der Waals surface area contributed by atoms with Crippen molar-refractivity contribution >= 4 is 45.9 Å². The minimum absolute atomic E-state index is 0.0393. The minimum Gasteiger partial charge on any atom is -0.390 e. The molecule has 0 aromatic heterocycles. The first-order chi connectivity index (χ1) is 17.2. The predicted octanol–water partition coefficient (Wildman–Crippen LogP) is 6.68. The summed E-state index contributed by atoms with van der Waals surface area (Å²) in [5.74, 6) is -1.39. The second kappa shape index (κ2) is 9.34. The van der Waals surface area contributed by atoms with Gasteiger partial charge in [0.15, 0.2) is 5.78 Å². The zero-order valence-electron chi connectivity index (χ0n) is 21.4. The van der Waals surface area contributed by atoms with E-state index in [1.54, 1.807) is 31.2 Å². The van der Waals surface area contributed by atoms with Gasteiger partial charge in [0.2, 0.25) is 5.12 Å². The smallest absolute Gasteiger partial charge is 0.206 e. The number of aliphatic hydroxyl groups is 1. The van der Waals surface area contributed by atoms with Crippen LogP contribution < -0.4 is 5.32 Å². The molecule has 3 aliphatic rings. The lowest BCUT2D eigenvalue weighted by Gasteiger charge is -2.41. The number of Topliss-reactive ketones (excluding diaryl/α,β-unsaturated/α-hetero) is 1. The van der Waals surface area contributed by atoms with Crippen molar-refractivity contribution in [2.24, 2.45) is 11.3 Å². The van der Waals surface area contributed by atoms with Crippen LogP contribution in [0, 0.1) is 17.2 Å². The highest BCUT2D eigenvalue weighted by Crippen LogP contribution is 2.61. The quantitative estimate of drug-likeness (QED) is 0.424. The third-order valence-corrected chi connectivity index (χ3v) is 9.72. The summed E-state index contributed by atoms with van der Waals surface area (Å²) >= 11 is 13.7. The van der Waals surface area contributed by atoms with Crippen molar-refractivity contribution < 1.29 is 19.1 Å². The minimum atomic E-state index is -1.17. The van der Waals surface area contributed by atoms with E-state index in [2.05, 4.69) is 26.1 Å². The first-order valence-corrected chi connectivity index (χ1v) is 14.3. The maximum Gasteiger partial charge on any atom is 0.206 e. The molecule has 0 amide bonds. The predicted molar refractivity (Wildman–Crippen MR) is 146 cm³/mol. The lowest BCUT2D eigenvalue weighted by atomic mass is 9.62. The van der Waals surface area contributed by atoms with E-state index < -0.39 is 34.8 Å². The van der Waals surface area contributed by atoms with E-state index in [0.717, 1.165) is 22.2 Å². The van der Waals surface area contributed by atoms with E-state index in [9.17, 15) is 14.7 Å². The van der Waals surface area contributed by atoms with Crippen molar-refractivity contribution in [3.63, 3.8) is 0 Å². The van der Waals surface area contributed by atoms with Crippen molar-refractivity contribution in [3.8, 4) is 0 Å². The molecular formula is C29H32Cl2FNO3S. The molecule has 1 spiro atoms. The summed E-state index contributed by atoms with van der Waals surface area (Å²) in [5.41, 5.74) is -1.05. The van der Waals surface area contributed by atoms with Crippen LogP contribution >= 0.6 is 35.0 Å². The molecule has 8 heteroatoms. The summed E-state index contributed by atoms with van der Waals surface area (Å²) in [7, 11) is 0. The van der Waals surface area contributed by atoms with E-state index >= 15 is 4.39 Å². The molecule has 2 aliphatic heterocycles. The van der Waals surface area contributed by atoms with Crippen LogP contribution in [0.2, 0.25) is 10.0 Å². The van der Waals surface area contributed by atoms with Gasteiger partial charge in [0, 0.05) is 28.3 Å². The second-order valence-electron chi connectivity index (χ2n) is 12.4. The zero-order chi connectivity index (χ0) is 26.9. The van der Waals surface area contributed by atoms with Crippen molar-refractivity contribution in [3.05, 3.63) is 63.4 Å². The zero-order valence-corrected chi connectivity index (χ0v) is 23.7. The summed E-state index contributed by atoms with van der Waals surface area (Å²) in [4.78, 5) is 28.8. The summed E-state index contributed by atoms with van der Waals surface area (Å²) in [5, 5.41) is 14.1. The average molecular weight is 565 g/mol. The van der Waals surface area contributed by atoms with Gasteiger partial charge in [0.25, 0.3) is 0 Å². The summed E-state index contributed by atoms with van der Waals surface area (Å²) in [6.07, 6.45) is 1.96. The van der Waals surface area contributed by atoms with Gasteiger partial charge in [-0.25, -0.2) is 4.39 Å². The van der Waals surface area contributed by atoms with Gasteiger partial charge in [-0.05, 0) is 66.8 Å². The van der Waals surface area contributed by atoms with Crippen LogP contribution in [0.5, 0.6) is 0 Å². The third kappa shape index (κ3) is 4.67. The Kier molecular flexibility index (Phi) is 6.85. The van der Waals surface area contributed by atoms with Crippen molar-refractivity contribution in [1.82, 2.24) is 5.32 Å². The molecule has 2 heterocycles. The van der Waals surface area contributed by atoms with E-state index in [4.69, 9.17) is 23.2 Å². The number of rotatable bonds is 5. The molecule has 0 unspecified atom stereocenters. The lowest BCUT2D eigenvalue weighted by molar-refractivity contribution is -0.126. The van der Waals surface area contributed by atoms with Gasteiger partial charge < -0.3 is 10.4 Å². The molecule has 0 radical (unpaired) electrons. The summed E-state index contributed by atoms with van der Waals surface area (Å²) in [6, 6.07) is 9.01. The molecule has 4 atom stereocenters. The van der Waals surface area contributed by atoms with E-state index in [1.807, 2.05) is 6.07 Å². The van der Waals surface area contributed by atoms with Crippen LogP contribution in [-0.2, 0) is 15.0 Å². The molecule has 2 N–H and O–H groups in total. The van der Waals surface area contributed by atoms with Crippen LogP contribution in [-0.4, -0.2) is 33.7 Å². The molecule has 2 aromatic carbocycles. The summed E-state index contributed by atoms with van der Waals surface area (Å²) in [6.45, 7) is 8.06. The van der Waals surface area contributed by atoms with Crippen LogP contribution in [0.25, 0.3) is 0 Å². The fraction of sp³-hybridized carbons (Fsp3) is 0.517. The fourth-order valence-electron chi connectivity index (χ4n) is 6.80. The van der Waals surface area contributed by atoms with Gasteiger partial charge in [-0.2, -0.15) is 0 Å². The van der Waals surface area contributed by atoms with Gasteiger partial charge in [-0.15, -0.1) is 0 Å². The maximum absolute atomic E-state index is 15.8. The Morgan fingerprint density at radius 3 is 2.57 bits per heavy atom. The third-order valence-electron chi connectivity index (χ3n) is 8.11. The number of fused-ring (bicyclic) bond motifs is 2. The number of thioether (sulfide) groups is 1. The Bertz CT molecular complexity index is 1270. The van der Waals surface area contributed by atoms with E-state index in [-0.39, 0.29) is 39.2 Å². The van der Waals surface area contributed by atoms with Gasteiger partial charge in [-0.3, -0.25) is 9.59 Å². The van der Waals surface area contributed by atoms with Crippen LogP contribution in [0.15, 0.2) is 41.3 Å². The molecule has 1 saturated heterocycles. The van der Waals surface area contributed by atoms with E-state index in [1.165, 1.54) is 6.07 Å². The van der Waals surface area contributed by atoms with Gasteiger partial charge in [0.05, 0.1) is 22.1 Å². The number of benzene rings is 2. The van der Waals surface area contributed by atoms with Gasteiger partial charge in [-0.1, -0.05) is 73.9 Å². The number of hydrogen-bond acceptors (Lipinski definition) is 5. The monoisotopic (exact) mass is 563 g/mol. The van der Waals surface area contributed by atoms with Crippen molar-refractivity contribution in [2.45, 2.75) is 87.3 Å². The first-order valence-electron chi connectivity index (χ1n) is 12.7. The van der Waals surface area contributed by atoms with Gasteiger partial charge in [0.1, 0.15) is 5.82 Å². The standard InChI is InChI=1S/C29H32Cl2FNO3S/c1-27(2,3)14-22-29(18-9-8-16(30)11-21(18)37-26(29)35)23(17-6-5-7-19(31)24(17)32)25(33-22)20(34)10-15-12-28(4,36)13-15/h5-9,11,15,22-23,25,33,36H,10,12-14H2,1-4H3/t15?,22-,23+,25+,28?,29+/m1/s1. The maximum atomic E-state index is 15.8. The van der Waals surface area contributed by atoms with Crippen molar-refractivity contribution in [2.75, 3.05) is 0 Å². The second-order valence-corrected chi connectivity index (χ2v) is 14.3. The molecule has 1 saturated carbocycles. The Morgan fingerprint density at radius 1 is 1.22 bits per heavy atom. The highest BCUT2D eigenvalue weighted by atomic mass is 35.5. The number of carbonyl (C=O) groups excluding carboxylic acids is 2. The lowest BCUT2D eigenvalue weighted by Crippen LogP contribution is -2.48. The topological polar surface area (TPSA) is 66.4 Å². The average Bonchev–Trinajstić information content (AvgIpc) is 3.23. The Hall–Kier alpha value is -1.44. The molecule has 2 fully saturated rings. The first kappa shape index (κ1) is 27.1. The molecule has 2 aromatic rings. The Labute approximate surface area is 231 Å². The molecule has 0 bridgehead atoms. The largest absolute Gasteiger partial charge is 0.390 e. The number of carbonyl (C=O) groups is 2. The Morgan fingerprint density at radius 2 is 1.92 bits per heavy atom. The Balaban J connectivity index is 1.69. The van der Waals surface area contributed by atoms with Crippen molar-refractivity contribution in [1.29, 1.82) is 0 Å². The number of ketones is 1. The molecular weight excluding hydrogens is 532 g/mol. The number of hydrogen-bond donors (Lipinski definition) is 2. The SMILES string of the molecule is CC(C)(C)C[C@H]1N[C@@H](C(=O)CC2CC(C)(O)C2)[C@H](c2cccc(Cl)c2F)[C@@]12C(=O)Sc1cc(Cl)ccc12. The molecule has 198 valence electrons.